The Morgan fingerprint density at radius 1 is 0.971 bits per heavy atom. The van der Waals surface area contributed by atoms with Crippen LogP contribution in [0.3, 0.4) is 0 Å². The molecule has 0 aliphatic carbocycles. The predicted octanol–water partition coefficient (Wildman–Crippen LogP) is 1.26. The summed E-state index contributed by atoms with van der Waals surface area (Å²) in [5.74, 6) is 0.0534. The molecule has 1 atom stereocenters. The molecule has 35 heavy (non-hydrogen) atoms. The molecule has 3 amide bonds. The Labute approximate surface area is 204 Å². The van der Waals surface area contributed by atoms with E-state index in [1.807, 2.05) is 30.3 Å². The fraction of sp³-hybridized carbons (Fsp3) is 0.400. The van der Waals surface area contributed by atoms with Crippen molar-refractivity contribution in [1.29, 1.82) is 0 Å². The number of fused-ring (bicyclic) bond motifs is 1. The highest BCUT2D eigenvalue weighted by Crippen LogP contribution is 2.34. The molecule has 2 fully saturated rings. The van der Waals surface area contributed by atoms with E-state index in [1.54, 1.807) is 12.1 Å². The summed E-state index contributed by atoms with van der Waals surface area (Å²) in [5, 5.41) is 2.32. The van der Waals surface area contributed by atoms with Crippen molar-refractivity contribution in [1.82, 2.24) is 15.1 Å². The third-order valence-electron chi connectivity index (χ3n) is 6.80. The Kier molecular flexibility index (Phi) is 6.33. The maximum atomic E-state index is 13.0. The number of ether oxygens (including phenoxy) is 1. The van der Waals surface area contributed by atoms with Gasteiger partial charge in [-0.1, -0.05) is 30.3 Å². The van der Waals surface area contributed by atoms with E-state index in [9.17, 15) is 22.8 Å². The van der Waals surface area contributed by atoms with Gasteiger partial charge in [0.05, 0.1) is 18.1 Å². The molecule has 3 aliphatic rings. The zero-order valence-corrected chi connectivity index (χ0v) is 20.1. The number of rotatable bonds is 6. The van der Waals surface area contributed by atoms with Gasteiger partial charge in [-0.15, -0.1) is 0 Å². The molecular weight excluding hydrogens is 470 g/mol. The number of nitrogens with zero attached hydrogens (tertiary/aromatic N) is 2. The molecule has 10 heteroatoms. The fourth-order valence-corrected chi connectivity index (χ4v) is 6.04. The van der Waals surface area contributed by atoms with Gasteiger partial charge in [0.15, 0.2) is 9.84 Å². The molecule has 5 rings (SSSR count). The van der Waals surface area contributed by atoms with Crippen LogP contribution in [0.25, 0.3) is 0 Å². The molecule has 2 aromatic rings. The van der Waals surface area contributed by atoms with Gasteiger partial charge in [-0.3, -0.25) is 24.6 Å². The van der Waals surface area contributed by atoms with E-state index in [2.05, 4.69) is 10.2 Å². The van der Waals surface area contributed by atoms with Gasteiger partial charge in [0, 0.05) is 37.2 Å². The summed E-state index contributed by atoms with van der Waals surface area (Å²) in [4.78, 5) is 40.4. The lowest BCUT2D eigenvalue weighted by Crippen LogP contribution is -2.52. The summed E-state index contributed by atoms with van der Waals surface area (Å²) in [6, 6.07) is 12.7. The van der Waals surface area contributed by atoms with Crippen LogP contribution >= 0.6 is 0 Å². The second kappa shape index (κ2) is 9.43. The number of hydrogen-bond acceptors (Lipinski definition) is 7. The summed E-state index contributed by atoms with van der Waals surface area (Å²) >= 11 is 0. The second-order valence-corrected chi connectivity index (χ2v) is 11.5. The molecule has 2 saturated heterocycles. The SMILES string of the molecule is O=C1CCC(N2Cc3c(OCc4ccc(CN5CCS(=O)(=O)CC5)cc4)cccc3C2=O)C(=O)N1. The summed E-state index contributed by atoms with van der Waals surface area (Å²) in [6.07, 6.45) is 0.535. The normalized spacial score (nSPS) is 22.1. The Morgan fingerprint density at radius 3 is 2.40 bits per heavy atom. The first-order chi connectivity index (χ1) is 16.8. The highest BCUT2D eigenvalue weighted by molar-refractivity contribution is 7.91. The lowest BCUT2D eigenvalue weighted by molar-refractivity contribution is -0.136. The minimum absolute atomic E-state index is 0.212. The van der Waals surface area contributed by atoms with Crippen molar-refractivity contribution in [2.45, 2.75) is 38.6 Å². The standard InChI is InChI=1S/C25H27N3O6S/c29-23-9-8-21(24(30)26-23)28-15-20-19(25(28)31)2-1-3-22(20)34-16-18-6-4-17(5-7-18)14-27-10-12-35(32,33)13-11-27/h1-7,21H,8-16H2,(H,26,29,30). The van der Waals surface area contributed by atoms with E-state index < -0.39 is 21.8 Å². The highest BCUT2D eigenvalue weighted by atomic mass is 32.2. The summed E-state index contributed by atoms with van der Waals surface area (Å²) < 4.78 is 29.3. The summed E-state index contributed by atoms with van der Waals surface area (Å²) in [7, 11) is -2.89. The summed E-state index contributed by atoms with van der Waals surface area (Å²) in [6.45, 7) is 2.41. The van der Waals surface area contributed by atoms with Crippen LogP contribution in [-0.2, 0) is 39.1 Å². The van der Waals surface area contributed by atoms with Crippen LogP contribution in [0.1, 0.15) is 39.9 Å². The molecule has 3 aliphatic heterocycles. The minimum Gasteiger partial charge on any atom is -0.489 e. The monoisotopic (exact) mass is 497 g/mol. The summed E-state index contributed by atoms with van der Waals surface area (Å²) in [5.41, 5.74) is 3.35. The van der Waals surface area contributed by atoms with Gasteiger partial charge < -0.3 is 9.64 Å². The molecule has 1 unspecified atom stereocenters. The fourth-order valence-electron chi connectivity index (χ4n) is 4.76. The van der Waals surface area contributed by atoms with Gasteiger partial charge in [-0.2, -0.15) is 0 Å². The van der Waals surface area contributed by atoms with Crippen molar-refractivity contribution in [3.8, 4) is 5.75 Å². The third kappa shape index (κ3) is 5.08. The first-order valence-corrected chi connectivity index (χ1v) is 13.5. The topological polar surface area (TPSA) is 113 Å². The van der Waals surface area contributed by atoms with Crippen LogP contribution in [0, 0.1) is 0 Å². The van der Waals surface area contributed by atoms with E-state index in [-0.39, 0.29) is 36.3 Å². The minimum atomic E-state index is -2.89. The largest absolute Gasteiger partial charge is 0.489 e. The van der Waals surface area contributed by atoms with Gasteiger partial charge in [-0.05, 0) is 29.7 Å². The van der Waals surface area contributed by atoms with Gasteiger partial charge in [0.1, 0.15) is 18.4 Å². The number of imide groups is 1. The first kappa shape index (κ1) is 23.5. The Bertz CT molecular complexity index is 1260. The van der Waals surface area contributed by atoms with Crippen LogP contribution in [0.2, 0.25) is 0 Å². The highest BCUT2D eigenvalue weighted by Gasteiger charge is 2.40. The lowest BCUT2D eigenvalue weighted by Gasteiger charge is -2.29. The van der Waals surface area contributed by atoms with Crippen molar-refractivity contribution in [2.24, 2.45) is 0 Å². The maximum Gasteiger partial charge on any atom is 0.255 e. The molecule has 3 heterocycles. The van der Waals surface area contributed by atoms with Crippen LogP contribution in [0.4, 0.5) is 0 Å². The number of carbonyl (C=O) groups is 3. The van der Waals surface area contributed by atoms with Crippen molar-refractivity contribution in [3.05, 3.63) is 64.7 Å². The predicted molar refractivity (Wildman–Crippen MR) is 127 cm³/mol. The van der Waals surface area contributed by atoms with E-state index >= 15 is 0 Å². The molecule has 0 bridgehead atoms. The third-order valence-corrected chi connectivity index (χ3v) is 8.41. The lowest BCUT2D eigenvalue weighted by atomic mass is 10.0. The van der Waals surface area contributed by atoms with Crippen molar-refractivity contribution in [3.63, 3.8) is 0 Å². The number of sulfone groups is 1. The molecule has 0 radical (unpaired) electrons. The van der Waals surface area contributed by atoms with E-state index in [0.717, 1.165) is 16.7 Å². The first-order valence-electron chi connectivity index (χ1n) is 11.7. The molecule has 2 aromatic carbocycles. The van der Waals surface area contributed by atoms with Gasteiger partial charge in [-0.25, -0.2) is 8.42 Å². The second-order valence-electron chi connectivity index (χ2n) is 9.22. The van der Waals surface area contributed by atoms with Gasteiger partial charge in [0.25, 0.3) is 5.91 Å². The Morgan fingerprint density at radius 2 is 1.69 bits per heavy atom. The van der Waals surface area contributed by atoms with Crippen molar-refractivity contribution in [2.75, 3.05) is 24.6 Å². The average molecular weight is 498 g/mol. The zero-order chi connectivity index (χ0) is 24.6. The molecule has 1 N–H and O–H groups in total. The number of benzene rings is 2. The van der Waals surface area contributed by atoms with E-state index in [1.165, 1.54) is 4.90 Å². The van der Waals surface area contributed by atoms with E-state index in [4.69, 9.17) is 4.74 Å². The molecule has 0 saturated carbocycles. The van der Waals surface area contributed by atoms with E-state index in [0.29, 0.717) is 44.0 Å². The average Bonchev–Trinajstić information content (AvgIpc) is 3.17. The van der Waals surface area contributed by atoms with Crippen molar-refractivity contribution >= 4 is 27.6 Å². The molecule has 184 valence electrons. The Balaban J connectivity index is 1.21. The number of nitrogens with one attached hydrogen (secondary N) is 1. The molecule has 0 aromatic heterocycles. The van der Waals surface area contributed by atoms with Gasteiger partial charge in [0.2, 0.25) is 11.8 Å². The van der Waals surface area contributed by atoms with Crippen LogP contribution in [-0.4, -0.2) is 66.6 Å². The van der Waals surface area contributed by atoms with Crippen molar-refractivity contribution < 1.29 is 27.5 Å². The maximum absolute atomic E-state index is 13.0. The van der Waals surface area contributed by atoms with Gasteiger partial charge >= 0.3 is 0 Å². The number of amides is 3. The molecule has 9 nitrogen and oxygen atoms in total. The van der Waals surface area contributed by atoms with Crippen LogP contribution < -0.4 is 10.1 Å². The number of piperidine rings is 1. The van der Waals surface area contributed by atoms with Crippen LogP contribution in [0.15, 0.2) is 42.5 Å². The number of hydrogen-bond donors (Lipinski definition) is 1. The number of carbonyl (C=O) groups excluding carboxylic acids is 3. The Hall–Kier alpha value is -3.24. The van der Waals surface area contributed by atoms with Crippen LogP contribution in [0.5, 0.6) is 5.75 Å². The smallest absolute Gasteiger partial charge is 0.255 e. The molecular formula is C25H27N3O6S. The quantitative estimate of drug-likeness (QED) is 0.598. The zero-order valence-electron chi connectivity index (χ0n) is 19.2. The molecule has 0 spiro atoms.